The lowest BCUT2D eigenvalue weighted by molar-refractivity contribution is -0.161. The number of unbranched alkanes of at least 4 members (excludes halogenated alkanes) is 11. The quantitative estimate of drug-likeness (QED) is 0.0197. The van der Waals surface area contributed by atoms with E-state index in [1.165, 1.54) is 0 Å². The molecule has 0 amide bonds. The van der Waals surface area contributed by atoms with Crippen LogP contribution in [0.3, 0.4) is 0 Å². The van der Waals surface area contributed by atoms with Gasteiger partial charge in [0.25, 0.3) is 0 Å². The Bertz CT molecular complexity index is 1950. The first kappa shape index (κ1) is 75.1. The van der Waals surface area contributed by atoms with Gasteiger partial charge in [-0.3, -0.25) is 23.4 Å². The van der Waals surface area contributed by atoms with Crippen molar-refractivity contribution >= 4 is 25.7 Å². The first-order chi connectivity index (χ1) is 39.2. The Morgan fingerprint density at radius 2 is 0.613 bits per heavy atom. The minimum atomic E-state index is -4.79. The van der Waals surface area contributed by atoms with Crippen molar-refractivity contribution in [3.63, 3.8) is 0 Å². The zero-order chi connectivity index (χ0) is 58.3. The largest absolute Gasteiger partial charge is 0.472 e. The molecule has 0 rings (SSSR count). The van der Waals surface area contributed by atoms with Gasteiger partial charge in [-0.2, -0.15) is 0 Å². The zero-order valence-corrected chi connectivity index (χ0v) is 50.6. The van der Waals surface area contributed by atoms with E-state index in [1.807, 2.05) is 0 Å². The van der Waals surface area contributed by atoms with Crippen molar-refractivity contribution in [3.05, 3.63) is 158 Å². The summed E-state index contributed by atoms with van der Waals surface area (Å²) in [6.07, 6.45) is 79.1. The van der Waals surface area contributed by atoms with E-state index in [1.54, 1.807) is 0 Å². The van der Waals surface area contributed by atoms with Crippen molar-refractivity contribution in [1.29, 1.82) is 0 Å². The SMILES string of the molecule is CC/C=C\C/C=C\C/C=C\C/C=C\C/C=C\CCCCCC(=O)OC(CO)COP(=O)(O)OCC(COC(=O)CCCCCCC/C=C\C/C=C\C/C=C\CC)OC(=O)CCCCC/C=C\C/C=C\C/C=C\C/C=C\C/C=C\CC. The molecule has 0 heterocycles. The van der Waals surface area contributed by atoms with E-state index in [9.17, 15) is 28.9 Å². The average Bonchev–Trinajstić information content (AvgIpc) is 3.45. The maximum Gasteiger partial charge on any atom is 0.472 e. The molecule has 0 aromatic heterocycles. The lowest BCUT2D eigenvalue weighted by atomic mass is 10.1. The molecule has 3 unspecified atom stereocenters. The number of esters is 3. The van der Waals surface area contributed by atoms with Crippen LogP contribution in [-0.4, -0.2) is 66.5 Å². The van der Waals surface area contributed by atoms with Crippen LogP contribution in [0, 0.1) is 0 Å². The fourth-order valence-corrected chi connectivity index (χ4v) is 8.21. The molecule has 2 N–H and O–H groups in total. The molecule has 0 aromatic rings. The van der Waals surface area contributed by atoms with Crippen molar-refractivity contribution in [2.45, 2.75) is 226 Å². The normalized spacial score (nSPS) is 14.4. The number of phosphoric acid groups is 1. The van der Waals surface area contributed by atoms with E-state index < -0.39 is 57.8 Å². The molecule has 11 nitrogen and oxygen atoms in total. The van der Waals surface area contributed by atoms with Gasteiger partial charge in [0, 0.05) is 19.3 Å². The summed E-state index contributed by atoms with van der Waals surface area (Å²) in [6.45, 7) is 4.19. The highest BCUT2D eigenvalue weighted by molar-refractivity contribution is 7.47. The monoisotopic (exact) mass is 1130 g/mol. The second-order valence-corrected chi connectivity index (χ2v) is 20.8. The van der Waals surface area contributed by atoms with Crippen LogP contribution < -0.4 is 0 Å². The van der Waals surface area contributed by atoms with Crippen molar-refractivity contribution in [2.75, 3.05) is 26.4 Å². The molecule has 0 saturated carbocycles. The van der Waals surface area contributed by atoms with Gasteiger partial charge in [0.2, 0.25) is 0 Å². The fourth-order valence-electron chi connectivity index (χ4n) is 7.42. The molecular weight excluding hydrogens is 1020 g/mol. The number of allylic oxidation sites excluding steroid dienone is 26. The Hall–Kier alpha value is -4.90. The van der Waals surface area contributed by atoms with Gasteiger partial charge in [-0.25, -0.2) is 4.57 Å². The number of carbonyl (C=O) groups excluding carboxylic acids is 3. The van der Waals surface area contributed by atoms with Gasteiger partial charge in [-0.1, -0.05) is 211 Å². The molecule has 12 heteroatoms. The van der Waals surface area contributed by atoms with Crippen molar-refractivity contribution < 1.29 is 52.2 Å². The lowest BCUT2D eigenvalue weighted by Gasteiger charge is -2.21. The molecular formula is C68H107O11P. The summed E-state index contributed by atoms with van der Waals surface area (Å²) in [5, 5.41) is 9.84. The maximum absolute atomic E-state index is 12.9. The molecule has 80 heavy (non-hydrogen) atoms. The van der Waals surface area contributed by atoms with Crippen molar-refractivity contribution in [1.82, 2.24) is 0 Å². The second-order valence-electron chi connectivity index (χ2n) is 19.4. The van der Waals surface area contributed by atoms with Gasteiger partial charge in [0.1, 0.15) is 12.7 Å². The number of aliphatic hydroxyl groups is 1. The molecule has 3 atom stereocenters. The van der Waals surface area contributed by atoms with Crippen LogP contribution in [0.1, 0.15) is 213 Å². The standard InChI is InChI=1S/C68H107O11P/c1-4-7-10-13-16-19-22-25-28-30-32-34-37-40-43-46-49-52-55-58-67(71)78-64(60-69)62-76-80(73,74)77-63-65(61-75-66(70)57-54-51-48-45-42-39-36-27-24-21-18-15-12-9-6-3)79-68(72)59-56-53-50-47-44-41-38-35-33-31-29-26-23-20-17-14-11-8-5-2/h7-12,16-21,25-29,32-36,40-41,43-44,64-65,69H,4-6,13-15,22-24,30-31,37-39,42,45-63H2,1-3H3,(H,73,74)/b10-7-,11-8-,12-9-,19-16-,20-17-,21-18-,28-25-,29-26-,34-32-,35-33-,36-27-,43-40-,44-41-. The van der Waals surface area contributed by atoms with Crippen LogP contribution in [-0.2, 0) is 42.2 Å². The summed E-state index contributed by atoms with van der Waals surface area (Å²) < 4.78 is 39.5. The van der Waals surface area contributed by atoms with Crippen LogP contribution in [0.4, 0.5) is 0 Å². The van der Waals surface area contributed by atoms with Gasteiger partial charge in [0.05, 0.1) is 19.8 Å². The van der Waals surface area contributed by atoms with Crippen LogP contribution in [0.25, 0.3) is 0 Å². The summed E-state index contributed by atoms with van der Waals surface area (Å²) in [4.78, 5) is 48.7. The Kier molecular flexibility index (Phi) is 56.5. The fraction of sp³-hybridized carbons (Fsp3) is 0.574. The van der Waals surface area contributed by atoms with E-state index in [0.717, 1.165) is 154 Å². The maximum atomic E-state index is 12.9. The van der Waals surface area contributed by atoms with E-state index in [4.69, 9.17) is 23.3 Å². The molecule has 0 radical (unpaired) electrons. The highest BCUT2D eigenvalue weighted by Crippen LogP contribution is 2.43. The molecule has 0 fully saturated rings. The topological polar surface area (TPSA) is 155 Å². The molecule has 0 spiro atoms. The van der Waals surface area contributed by atoms with Gasteiger partial charge in [-0.15, -0.1) is 0 Å². The third-order valence-electron chi connectivity index (χ3n) is 11.9. The summed E-state index contributed by atoms with van der Waals surface area (Å²) in [7, 11) is -4.79. The van der Waals surface area contributed by atoms with Crippen LogP contribution in [0.2, 0.25) is 0 Å². The van der Waals surface area contributed by atoms with Crippen LogP contribution >= 0.6 is 7.82 Å². The first-order valence-corrected chi connectivity index (χ1v) is 31.9. The number of aliphatic hydroxyl groups excluding tert-OH is 1. The Morgan fingerprint density at radius 1 is 0.350 bits per heavy atom. The minimum absolute atomic E-state index is 0.112. The summed E-state index contributed by atoms with van der Waals surface area (Å²) in [6, 6.07) is 0. The summed E-state index contributed by atoms with van der Waals surface area (Å²) in [5.74, 6) is -1.58. The molecule has 0 aromatic carbocycles. The lowest BCUT2D eigenvalue weighted by Crippen LogP contribution is -2.30. The first-order valence-electron chi connectivity index (χ1n) is 30.4. The number of ether oxygens (including phenoxy) is 3. The zero-order valence-electron chi connectivity index (χ0n) is 49.7. The molecule has 0 aliphatic rings. The minimum Gasteiger partial charge on any atom is -0.462 e. The molecule has 0 aliphatic carbocycles. The molecule has 0 saturated heterocycles. The molecule has 450 valence electrons. The third-order valence-corrected chi connectivity index (χ3v) is 12.9. The molecule has 0 aliphatic heterocycles. The van der Waals surface area contributed by atoms with Gasteiger partial charge >= 0.3 is 25.7 Å². The highest BCUT2D eigenvalue weighted by atomic mass is 31.2. The number of carbonyl (C=O) groups is 3. The number of rotatable bonds is 54. The van der Waals surface area contributed by atoms with Gasteiger partial charge in [-0.05, 0) is 141 Å². The predicted octanol–water partition coefficient (Wildman–Crippen LogP) is 18.5. The Labute approximate surface area is 485 Å². The van der Waals surface area contributed by atoms with Crippen molar-refractivity contribution in [2.24, 2.45) is 0 Å². The predicted molar refractivity (Wildman–Crippen MR) is 334 cm³/mol. The van der Waals surface area contributed by atoms with Crippen molar-refractivity contribution in [3.8, 4) is 0 Å². The van der Waals surface area contributed by atoms with Gasteiger partial charge < -0.3 is 24.2 Å². The smallest absolute Gasteiger partial charge is 0.462 e. The van der Waals surface area contributed by atoms with E-state index in [2.05, 4.69) is 179 Å². The summed E-state index contributed by atoms with van der Waals surface area (Å²) in [5.41, 5.74) is 0. The highest BCUT2D eigenvalue weighted by Gasteiger charge is 2.28. The average molecular weight is 1130 g/mol. The number of hydrogen-bond donors (Lipinski definition) is 2. The number of hydrogen-bond acceptors (Lipinski definition) is 10. The van der Waals surface area contributed by atoms with E-state index in [-0.39, 0.29) is 25.9 Å². The van der Waals surface area contributed by atoms with Gasteiger partial charge in [0.15, 0.2) is 6.10 Å². The Balaban J connectivity index is 4.84. The van der Waals surface area contributed by atoms with Crippen LogP contribution in [0.5, 0.6) is 0 Å². The Morgan fingerprint density at radius 3 is 0.950 bits per heavy atom. The van der Waals surface area contributed by atoms with E-state index in [0.29, 0.717) is 19.3 Å². The summed E-state index contributed by atoms with van der Waals surface area (Å²) >= 11 is 0. The third kappa shape index (κ3) is 57.8. The molecule has 0 bridgehead atoms. The number of phosphoric ester groups is 1. The van der Waals surface area contributed by atoms with E-state index >= 15 is 0 Å². The second kappa shape index (κ2) is 60.2. The van der Waals surface area contributed by atoms with Crippen LogP contribution in [0.15, 0.2) is 158 Å².